The number of fused-ring (bicyclic) bond motifs is 2. The van der Waals surface area contributed by atoms with E-state index in [2.05, 4.69) is 10.2 Å². The number of benzene rings is 3. The summed E-state index contributed by atoms with van der Waals surface area (Å²) in [5, 5.41) is 19.1. The van der Waals surface area contributed by atoms with E-state index in [9.17, 15) is 4.79 Å². The van der Waals surface area contributed by atoms with Gasteiger partial charge in [0.15, 0.2) is 0 Å². The van der Waals surface area contributed by atoms with Crippen molar-refractivity contribution in [3.63, 3.8) is 0 Å². The molecule has 1 N–H and O–H groups in total. The highest BCUT2D eigenvalue weighted by Crippen LogP contribution is 2.25. The molecular weight excluding hydrogens is 420 g/mol. The molecule has 0 saturated carbocycles. The van der Waals surface area contributed by atoms with E-state index >= 15 is 0 Å². The van der Waals surface area contributed by atoms with Gasteiger partial charge in [0.2, 0.25) is 0 Å². The lowest BCUT2D eigenvalue weighted by Gasteiger charge is -2.12. The second-order valence-electron chi connectivity index (χ2n) is 7.70. The molecule has 0 aliphatic carbocycles. The number of aromatic nitrogens is 4. The van der Waals surface area contributed by atoms with Crippen molar-refractivity contribution in [1.29, 1.82) is 0 Å². The van der Waals surface area contributed by atoms with Gasteiger partial charge in [0.25, 0.3) is 0 Å². The van der Waals surface area contributed by atoms with Crippen molar-refractivity contribution in [1.82, 2.24) is 19.6 Å². The summed E-state index contributed by atoms with van der Waals surface area (Å²) in [4.78, 5) is 12.6. The molecule has 0 aliphatic heterocycles. The standard InChI is InChI=1S/C25H22N4O4/c1-17-6-9-24(23(14-17)29-26-20-4-2-3-5-21(20)27-29)33-13-12-32-19-7-8-22-18(15-19)10-11-28(22)16-25(30)31/h2-11,14-15H,12-13,16H2,1H3,(H,30,31). The van der Waals surface area contributed by atoms with Gasteiger partial charge >= 0.3 is 5.97 Å². The molecule has 3 aromatic carbocycles. The van der Waals surface area contributed by atoms with Gasteiger partial charge in [-0.1, -0.05) is 18.2 Å². The number of nitrogens with zero attached hydrogens (tertiary/aromatic N) is 4. The highest BCUT2D eigenvalue weighted by Gasteiger charge is 2.11. The van der Waals surface area contributed by atoms with Crippen LogP contribution in [0.1, 0.15) is 5.56 Å². The Morgan fingerprint density at radius 3 is 2.45 bits per heavy atom. The zero-order valence-corrected chi connectivity index (χ0v) is 18.0. The van der Waals surface area contributed by atoms with Gasteiger partial charge in [-0.25, -0.2) is 0 Å². The summed E-state index contributed by atoms with van der Waals surface area (Å²) in [6.45, 7) is 2.63. The molecule has 2 heterocycles. The number of carboxylic acid groups (broad SMARTS) is 1. The van der Waals surface area contributed by atoms with Gasteiger partial charge in [0.1, 0.15) is 48.0 Å². The van der Waals surface area contributed by atoms with Gasteiger partial charge in [-0.05, 0) is 61.0 Å². The summed E-state index contributed by atoms with van der Waals surface area (Å²) in [6, 6.07) is 21.1. The van der Waals surface area contributed by atoms with Crippen LogP contribution < -0.4 is 9.47 Å². The van der Waals surface area contributed by atoms with Crippen LogP contribution in [0.4, 0.5) is 0 Å². The normalized spacial score (nSPS) is 11.2. The number of hydrogen-bond acceptors (Lipinski definition) is 5. The summed E-state index contributed by atoms with van der Waals surface area (Å²) < 4.78 is 13.6. The maximum absolute atomic E-state index is 11.0. The fourth-order valence-corrected chi connectivity index (χ4v) is 3.74. The van der Waals surface area contributed by atoms with Crippen molar-refractivity contribution < 1.29 is 19.4 Å². The van der Waals surface area contributed by atoms with Crippen molar-refractivity contribution in [3.8, 4) is 17.2 Å². The van der Waals surface area contributed by atoms with Gasteiger partial charge in [-0.2, -0.15) is 0 Å². The number of carboxylic acids is 1. The molecule has 5 aromatic rings. The first kappa shape index (κ1) is 20.6. The Bertz CT molecular complexity index is 1420. The zero-order chi connectivity index (χ0) is 22.8. The molecule has 8 heteroatoms. The van der Waals surface area contributed by atoms with Crippen LogP contribution in [0.5, 0.6) is 11.5 Å². The summed E-state index contributed by atoms with van der Waals surface area (Å²) in [5.74, 6) is 0.493. The third-order valence-electron chi connectivity index (χ3n) is 5.27. The summed E-state index contributed by atoms with van der Waals surface area (Å²) in [7, 11) is 0. The Kier molecular flexibility index (Phi) is 5.40. The van der Waals surface area contributed by atoms with Crippen LogP contribution in [0.3, 0.4) is 0 Å². The molecule has 33 heavy (non-hydrogen) atoms. The molecule has 0 atom stereocenters. The van der Waals surface area contributed by atoms with Crippen molar-refractivity contribution in [2.24, 2.45) is 0 Å². The fraction of sp³-hybridized carbons (Fsp3) is 0.160. The first-order valence-corrected chi connectivity index (χ1v) is 10.6. The second-order valence-corrected chi connectivity index (χ2v) is 7.70. The van der Waals surface area contributed by atoms with Crippen molar-refractivity contribution in [2.45, 2.75) is 13.5 Å². The first-order chi connectivity index (χ1) is 16.1. The highest BCUT2D eigenvalue weighted by molar-refractivity contribution is 5.83. The summed E-state index contributed by atoms with van der Waals surface area (Å²) >= 11 is 0. The number of carbonyl (C=O) groups is 1. The van der Waals surface area contributed by atoms with E-state index in [1.165, 1.54) is 0 Å². The molecule has 0 bridgehead atoms. The van der Waals surface area contributed by atoms with Crippen LogP contribution in [0.25, 0.3) is 27.6 Å². The Hall–Kier alpha value is -4.33. The molecule has 0 spiro atoms. The van der Waals surface area contributed by atoms with E-state index in [4.69, 9.17) is 14.6 Å². The monoisotopic (exact) mass is 442 g/mol. The van der Waals surface area contributed by atoms with E-state index in [0.29, 0.717) is 24.7 Å². The Morgan fingerprint density at radius 1 is 0.939 bits per heavy atom. The SMILES string of the molecule is Cc1ccc(OCCOc2ccc3c(ccn3CC(=O)O)c2)c(-n2nc3ccccc3n2)c1. The Labute approximate surface area is 189 Å². The van der Waals surface area contributed by atoms with Gasteiger partial charge in [-0.3, -0.25) is 4.79 Å². The van der Waals surface area contributed by atoms with Gasteiger partial charge < -0.3 is 19.1 Å². The van der Waals surface area contributed by atoms with Crippen LogP contribution in [0, 0.1) is 6.92 Å². The van der Waals surface area contributed by atoms with Gasteiger partial charge in [-0.15, -0.1) is 15.0 Å². The molecule has 5 rings (SSSR count). The lowest BCUT2D eigenvalue weighted by Crippen LogP contribution is -2.11. The predicted molar refractivity (Wildman–Crippen MR) is 124 cm³/mol. The van der Waals surface area contributed by atoms with Crippen LogP contribution >= 0.6 is 0 Å². The zero-order valence-electron chi connectivity index (χ0n) is 18.0. The highest BCUT2D eigenvalue weighted by atomic mass is 16.5. The summed E-state index contributed by atoms with van der Waals surface area (Å²) in [6.07, 6.45) is 1.76. The van der Waals surface area contributed by atoms with E-state index in [1.807, 2.05) is 73.7 Å². The van der Waals surface area contributed by atoms with Gasteiger partial charge in [0, 0.05) is 17.1 Å². The summed E-state index contributed by atoms with van der Waals surface area (Å²) in [5.41, 5.74) is 4.34. The second kappa shape index (κ2) is 8.66. The molecule has 0 saturated heterocycles. The Morgan fingerprint density at radius 2 is 1.70 bits per heavy atom. The van der Waals surface area contributed by atoms with Gasteiger partial charge in [0.05, 0.1) is 0 Å². The number of aliphatic carboxylic acids is 1. The molecule has 2 aromatic heterocycles. The molecule has 0 amide bonds. The predicted octanol–water partition coefficient (Wildman–Crippen LogP) is 4.23. The number of hydrogen-bond donors (Lipinski definition) is 1. The fourth-order valence-electron chi connectivity index (χ4n) is 3.74. The van der Waals surface area contributed by atoms with E-state index < -0.39 is 5.97 Å². The average molecular weight is 442 g/mol. The number of rotatable bonds is 8. The first-order valence-electron chi connectivity index (χ1n) is 10.6. The van der Waals surface area contributed by atoms with Crippen molar-refractivity contribution >= 4 is 27.9 Å². The number of aryl methyl sites for hydroxylation is 1. The van der Waals surface area contributed by atoms with Crippen LogP contribution in [-0.2, 0) is 11.3 Å². The maximum atomic E-state index is 11.0. The molecule has 166 valence electrons. The molecule has 8 nitrogen and oxygen atoms in total. The molecule has 0 fully saturated rings. The number of ether oxygens (including phenoxy) is 2. The average Bonchev–Trinajstić information content (AvgIpc) is 3.41. The Balaban J connectivity index is 1.26. The van der Waals surface area contributed by atoms with E-state index in [1.54, 1.807) is 15.6 Å². The largest absolute Gasteiger partial charge is 0.490 e. The molecule has 0 aliphatic rings. The minimum absolute atomic E-state index is 0.0723. The van der Waals surface area contributed by atoms with Crippen molar-refractivity contribution in [3.05, 3.63) is 78.5 Å². The van der Waals surface area contributed by atoms with E-state index in [0.717, 1.165) is 33.2 Å². The maximum Gasteiger partial charge on any atom is 0.323 e. The third-order valence-corrected chi connectivity index (χ3v) is 5.27. The quantitative estimate of drug-likeness (QED) is 0.362. The van der Waals surface area contributed by atoms with Crippen LogP contribution in [0.15, 0.2) is 72.9 Å². The molecule has 0 unspecified atom stereocenters. The third kappa shape index (κ3) is 4.36. The minimum Gasteiger partial charge on any atom is -0.490 e. The lowest BCUT2D eigenvalue weighted by atomic mass is 10.2. The lowest BCUT2D eigenvalue weighted by molar-refractivity contribution is -0.137. The van der Waals surface area contributed by atoms with Crippen LogP contribution in [-0.4, -0.2) is 43.9 Å². The molecular formula is C25H22N4O4. The van der Waals surface area contributed by atoms with Crippen molar-refractivity contribution in [2.75, 3.05) is 13.2 Å². The minimum atomic E-state index is -0.876. The smallest absolute Gasteiger partial charge is 0.323 e. The van der Waals surface area contributed by atoms with Crippen LogP contribution in [0.2, 0.25) is 0 Å². The molecule has 0 radical (unpaired) electrons. The topological polar surface area (TPSA) is 91.4 Å². The van der Waals surface area contributed by atoms with E-state index in [-0.39, 0.29) is 6.54 Å².